The van der Waals surface area contributed by atoms with Crippen LogP contribution in [0.1, 0.15) is 21.5 Å². The lowest BCUT2D eigenvalue weighted by molar-refractivity contribution is 0.0986. The molecule has 0 atom stereocenters. The van der Waals surface area contributed by atoms with Gasteiger partial charge in [0.2, 0.25) is 0 Å². The predicted molar refractivity (Wildman–Crippen MR) is 151 cm³/mol. The number of thiazole rings is 1. The van der Waals surface area contributed by atoms with Crippen LogP contribution in [0.3, 0.4) is 0 Å². The molecule has 6 rings (SSSR count). The van der Waals surface area contributed by atoms with E-state index in [0.717, 1.165) is 42.8 Å². The summed E-state index contributed by atoms with van der Waals surface area (Å²) in [5.41, 5.74) is 5.04. The summed E-state index contributed by atoms with van der Waals surface area (Å²) in [4.78, 5) is 26.9. The Balaban J connectivity index is 1.54. The van der Waals surface area contributed by atoms with Gasteiger partial charge in [-0.2, -0.15) is 0 Å². The number of fused-ring (bicyclic) bond motifs is 2. The molecule has 0 spiro atoms. The highest BCUT2D eigenvalue weighted by Crippen LogP contribution is 2.37. The summed E-state index contributed by atoms with van der Waals surface area (Å²) in [6.45, 7) is 2.40. The van der Waals surface area contributed by atoms with Crippen molar-refractivity contribution in [3.63, 3.8) is 0 Å². The number of aromatic nitrogens is 2. The Bertz CT molecular complexity index is 1670. The molecule has 0 aliphatic heterocycles. The lowest BCUT2D eigenvalue weighted by Gasteiger charge is -2.21. The van der Waals surface area contributed by atoms with E-state index >= 15 is 0 Å². The number of rotatable bonds is 5. The van der Waals surface area contributed by atoms with Crippen LogP contribution in [0.4, 0.5) is 5.13 Å². The van der Waals surface area contributed by atoms with Gasteiger partial charge in [-0.1, -0.05) is 83.6 Å². The van der Waals surface area contributed by atoms with Crippen molar-refractivity contribution in [2.75, 3.05) is 4.90 Å². The van der Waals surface area contributed by atoms with Gasteiger partial charge in [0, 0.05) is 5.39 Å². The fourth-order valence-corrected chi connectivity index (χ4v) is 6.25. The molecule has 3 heterocycles. The van der Waals surface area contributed by atoms with Crippen LogP contribution >= 0.6 is 34.3 Å². The molecule has 7 heteroatoms. The van der Waals surface area contributed by atoms with E-state index in [1.54, 1.807) is 16.2 Å². The third kappa shape index (κ3) is 4.17. The third-order valence-corrected chi connectivity index (χ3v) is 8.50. The Morgan fingerprint density at radius 3 is 2.53 bits per heavy atom. The average Bonchev–Trinajstić information content (AvgIpc) is 3.61. The molecule has 0 saturated heterocycles. The zero-order valence-corrected chi connectivity index (χ0v) is 21.7. The molecule has 0 aliphatic carbocycles. The van der Waals surface area contributed by atoms with Crippen molar-refractivity contribution in [3.8, 4) is 10.6 Å². The normalized spacial score (nSPS) is 11.3. The van der Waals surface area contributed by atoms with Crippen molar-refractivity contribution in [1.29, 1.82) is 0 Å². The van der Waals surface area contributed by atoms with Crippen LogP contribution in [0.25, 0.3) is 31.7 Å². The van der Waals surface area contributed by atoms with Gasteiger partial charge in [0.25, 0.3) is 5.91 Å². The van der Waals surface area contributed by atoms with E-state index in [0.29, 0.717) is 22.3 Å². The molecule has 0 bridgehead atoms. The average molecular weight is 526 g/mol. The third-order valence-electron chi connectivity index (χ3n) is 6.07. The number of nitrogens with zero attached hydrogens (tertiary/aromatic N) is 3. The van der Waals surface area contributed by atoms with Crippen LogP contribution in [0.5, 0.6) is 0 Å². The molecule has 0 fully saturated rings. The van der Waals surface area contributed by atoms with Crippen molar-refractivity contribution in [2.45, 2.75) is 13.5 Å². The Labute approximate surface area is 221 Å². The minimum Gasteiger partial charge on any atom is -0.279 e. The van der Waals surface area contributed by atoms with Gasteiger partial charge < -0.3 is 0 Å². The fourth-order valence-electron chi connectivity index (χ4n) is 4.25. The van der Waals surface area contributed by atoms with E-state index in [4.69, 9.17) is 21.6 Å². The molecule has 0 aliphatic rings. The number of halogens is 1. The minimum atomic E-state index is -0.122. The summed E-state index contributed by atoms with van der Waals surface area (Å²) in [5.74, 6) is -0.122. The summed E-state index contributed by atoms with van der Waals surface area (Å²) in [5, 5.41) is 4.09. The number of hydrogen-bond acceptors (Lipinski definition) is 5. The van der Waals surface area contributed by atoms with Crippen LogP contribution in [-0.4, -0.2) is 15.9 Å². The first-order chi connectivity index (χ1) is 17.6. The highest BCUT2D eigenvalue weighted by Gasteiger charge is 2.25. The molecule has 0 saturated carbocycles. The molecule has 176 valence electrons. The molecule has 3 aromatic heterocycles. The predicted octanol–water partition coefficient (Wildman–Crippen LogP) is 8.38. The van der Waals surface area contributed by atoms with Gasteiger partial charge in [-0.15, -0.1) is 11.3 Å². The summed E-state index contributed by atoms with van der Waals surface area (Å²) in [6, 6.07) is 27.5. The second-order valence-electron chi connectivity index (χ2n) is 8.46. The van der Waals surface area contributed by atoms with Gasteiger partial charge in [0.05, 0.1) is 43.4 Å². The lowest BCUT2D eigenvalue weighted by Crippen LogP contribution is -2.30. The second-order valence-corrected chi connectivity index (χ2v) is 10.8. The number of carbonyl (C=O) groups is 1. The molecule has 1 amide bonds. The highest BCUT2D eigenvalue weighted by atomic mass is 35.5. The first kappa shape index (κ1) is 22.9. The molecular formula is C29H20ClN3OS2. The van der Waals surface area contributed by atoms with Gasteiger partial charge in [0.1, 0.15) is 0 Å². The van der Waals surface area contributed by atoms with Crippen molar-refractivity contribution >= 4 is 66.4 Å². The summed E-state index contributed by atoms with van der Waals surface area (Å²) >= 11 is 9.57. The fraction of sp³-hybridized carbons (Fsp3) is 0.0690. The van der Waals surface area contributed by atoms with Crippen LogP contribution in [0, 0.1) is 6.92 Å². The number of para-hydroxylation sites is 1. The smallest absolute Gasteiger partial charge is 0.261 e. The van der Waals surface area contributed by atoms with E-state index in [9.17, 15) is 4.79 Å². The number of hydrogen-bond donors (Lipinski definition) is 0. The zero-order chi connectivity index (χ0) is 24.6. The van der Waals surface area contributed by atoms with E-state index in [1.807, 2.05) is 97.2 Å². The van der Waals surface area contributed by atoms with Crippen LogP contribution in [0.2, 0.25) is 5.02 Å². The van der Waals surface area contributed by atoms with Crippen molar-refractivity contribution in [3.05, 3.63) is 112 Å². The first-order valence-electron chi connectivity index (χ1n) is 11.4. The SMILES string of the molecule is Cc1ccc(Cl)c2sc(N(Cc3ccccc3)C(=O)c3cc(-c4cccs4)nc4ccccc34)nc12. The minimum absolute atomic E-state index is 0.122. The molecule has 3 aromatic carbocycles. The largest absolute Gasteiger partial charge is 0.279 e. The Kier molecular flexibility index (Phi) is 6.01. The van der Waals surface area contributed by atoms with Gasteiger partial charge in [0.15, 0.2) is 5.13 Å². The quantitative estimate of drug-likeness (QED) is 0.227. The molecule has 4 nitrogen and oxygen atoms in total. The number of thiophene rings is 1. The maximum Gasteiger partial charge on any atom is 0.261 e. The number of amides is 1. The van der Waals surface area contributed by atoms with E-state index in [2.05, 4.69) is 0 Å². The topological polar surface area (TPSA) is 46.1 Å². The highest BCUT2D eigenvalue weighted by molar-refractivity contribution is 7.23. The summed E-state index contributed by atoms with van der Waals surface area (Å²) in [6.07, 6.45) is 0. The van der Waals surface area contributed by atoms with E-state index in [-0.39, 0.29) is 5.91 Å². The Morgan fingerprint density at radius 2 is 1.75 bits per heavy atom. The van der Waals surface area contributed by atoms with Gasteiger partial charge in [-0.3, -0.25) is 9.69 Å². The molecule has 0 N–H and O–H groups in total. The number of carbonyl (C=O) groups excluding carboxylic acids is 1. The lowest BCUT2D eigenvalue weighted by atomic mass is 10.1. The van der Waals surface area contributed by atoms with Crippen LogP contribution in [-0.2, 0) is 6.54 Å². The Morgan fingerprint density at radius 1 is 0.944 bits per heavy atom. The van der Waals surface area contributed by atoms with Crippen molar-refractivity contribution < 1.29 is 4.79 Å². The molecule has 0 radical (unpaired) electrons. The van der Waals surface area contributed by atoms with E-state index < -0.39 is 0 Å². The molecular weight excluding hydrogens is 506 g/mol. The maximum absolute atomic E-state index is 14.4. The van der Waals surface area contributed by atoms with Crippen molar-refractivity contribution in [1.82, 2.24) is 9.97 Å². The second kappa shape index (κ2) is 9.47. The summed E-state index contributed by atoms with van der Waals surface area (Å²) < 4.78 is 0.886. The zero-order valence-electron chi connectivity index (χ0n) is 19.3. The number of aryl methyl sites for hydroxylation is 1. The number of benzene rings is 3. The monoisotopic (exact) mass is 525 g/mol. The van der Waals surface area contributed by atoms with Crippen molar-refractivity contribution in [2.24, 2.45) is 0 Å². The molecule has 6 aromatic rings. The number of anilines is 1. The van der Waals surface area contributed by atoms with Crippen LogP contribution < -0.4 is 4.90 Å². The van der Waals surface area contributed by atoms with Gasteiger partial charge >= 0.3 is 0 Å². The standard InChI is InChI=1S/C29H20ClN3OS2/c1-18-13-14-22(30)27-26(18)32-29(36-27)33(17-19-8-3-2-4-9-19)28(34)21-16-24(25-12-7-15-35-25)31-23-11-6-5-10-20(21)23/h2-16H,17H2,1H3. The van der Waals surface area contributed by atoms with Gasteiger partial charge in [-0.25, -0.2) is 9.97 Å². The molecule has 36 heavy (non-hydrogen) atoms. The molecule has 0 unspecified atom stereocenters. The van der Waals surface area contributed by atoms with E-state index in [1.165, 1.54) is 11.3 Å². The Hall–Kier alpha value is -3.58. The maximum atomic E-state index is 14.4. The summed E-state index contributed by atoms with van der Waals surface area (Å²) in [7, 11) is 0. The van der Waals surface area contributed by atoms with Crippen LogP contribution in [0.15, 0.2) is 90.3 Å². The number of pyridine rings is 1. The van der Waals surface area contributed by atoms with Gasteiger partial charge in [-0.05, 0) is 47.7 Å². The first-order valence-corrected chi connectivity index (χ1v) is 13.5.